The van der Waals surface area contributed by atoms with Gasteiger partial charge in [0, 0.05) is 11.6 Å². The van der Waals surface area contributed by atoms with Gasteiger partial charge in [-0.2, -0.15) is 0 Å². The smallest absolute Gasteiger partial charge is 0.311 e. The molecule has 0 bridgehead atoms. The van der Waals surface area contributed by atoms with Crippen LogP contribution in [0.15, 0.2) is 18.2 Å². The van der Waals surface area contributed by atoms with Gasteiger partial charge in [0.05, 0.1) is 17.1 Å². The highest BCUT2D eigenvalue weighted by molar-refractivity contribution is 5.98. The zero-order chi connectivity index (χ0) is 14.6. The summed E-state index contributed by atoms with van der Waals surface area (Å²) in [5, 5.41) is 13.7. The summed E-state index contributed by atoms with van der Waals surface area (Å²) in [5.41, 5.74) is -0.458. The lowest BCUT2D eigenvalue weighted by atomic mass is 10.1. The molecule has 104 valence electrons. The van der Waals surface area contributed by atoms with Gasteiger partial charge in [-0.1, -0.05) is 6.07 Å². The first-order chi connectivity index (χ1) is 8.76. The van der Waals surface area contributed by atoms with Gasteiger partial charge in [0.15, 0.2) is 0 Å². The van der Waals surface area contributed by atoms with Crippen molar-refractivity contribution in [2.45, 2.75) is 33.2 Å². The van der Waals surface area contributed by atoms with Crippen LogP contribution in [0.5, 0.6) is 5.75 Å². The molecule has 6 heteroatoms. The number of carbonyl (C=O) groups is 1. The van der Waals surface area contributed by atoms with E-state index in [-0.39, 0.29) is 29.5 Å². The van der Waals surface area contributed by atoms with Crippen molar-refractivity contribution < 1.29 is 14.5 Å². The highest BCUT2D eigenvalue weighted by Gasteiger charge is 2.25. The van der Waals surface area contributed by atoms with E-state index in [2.05, 4.69) is 5.32 Å². The number of amides is 1. The first-order valence-corrected chi connectivity index (χ1v) is 5.99. The number of ether oxygens (including phenoxy) is 1. The SMILES string of the molecule is CCOc1c(C(=O)NC(C)(C)C)cccc1[N+](=O)[O-]. The second-order valence-corrected chi connectivity index (χ2v) is 5.05. The van der Waals surface area contributed by atoms with Crippen molar-refractivity contribution in [3.63, 3.8) is 0 Å². The second kappa shape index (κ2) is 5.69. The summed E-state index contributed by atoms with van der Waals surface area (Å²) in [6.45, 7) is 7.47. The van der Waals surface area contributed by atoms with Gasteiger partial charge in [0.1, 0.15) is 0 Å². The number of para-hydroxylation sites is 1. The van der Waals surface area contributed by atoms with Crippen LogP contribution in [0.3, 0.4) is 0 Å². The molecule has 0 aliphatic carbocycles. The summed E-state index contributed by atoms with van der Waals surface area (Å²) in [6, 6.07) is 4.30. The fourth-order valence-corrected chi connectivity index (χ4v) is 1.55. The van der Waals surface area contributed by atoms with Crippen LogP contribution < -0.4 is 10.1 Å². The summed E-state index contributed by atoms with van der Waals surface area (Å²) in [6.07, 6.45) is 0. The maximum atomic E-state index is 12.1. The number of benzene rings is 1. The van der Waals surface area contributed by atoms with Crippen molar-refractivity contribution in [3.05, 3.63) is 33.9 Å². The highest BCUT2D eigenvalue weighted by Crippen LogP contribution is 2.31. The zero-order valence-electron chi connectivity index (χ0n) is 11.5. The molecule has 0 saturated carbocycles. The normalized spacial score (nSPS) is 10.9. The quantitative estimate of drug-likeness (QED) is 0.670. The number of nitro benzene ring substituents is 1. The van der Waals surface area contributed by atoms with E-state index in [1.807, 2.05) is 20.8 Å². The van der Waals surface area contributed by atoms with Crippen molar-refractivity contribution in [1.29, 1.82) is 0 Å². The lowest BCUT2D eigenvalue weighted by Crippen LogP contribution is -2.40. The van der Waals surface area contributed by atoms with E-state index in [4.69, 9.17) is 4.74 Å². The largest absolute Gasteiger partial charge is 0.487 e. The molecule has 0 unspecified atom stereocenters. The topological polar surface area (TPSA) is 81.5 Å². The van der Waals surface area contributed by atoms with Crippen LogP contribution in [-0.2, 0) is 0 Å². The number of hydrogen-bond donors (Lipinski definition) is 1. The minimum atomic E-state index is -0.557. The van der Waals surface area contributed by atoms with Gasteiger partial charge in [0.2, 0.25) is 5.75 Å². The van der Waals surface area contributed by atoms with E-state index >= 15 is 0 Å². The summed E-state index contributed by atoms with van der Waals surface area (Å²) in [5.74, 6) is -0.378. The van der Waals surface area contributed by atoms with E-state index in [1.54, 1.807) is 6.92 Å². The number of hydrogen-bond acceptors (Lipinski definition) is 4. The number of rotatable bonds is 4. The predicted octanol–water partition coefficient (Wildman–Crippen LogP) is 2.52. The van der Waals surface area contributed by atoms with Crippen LogP contribution in [0, 0.1) is 10.1 Å². The third-order valence-electron chi connectivity index (χ3n) is 2.21. The van der Waals surface area contributed by atoms with Gasteiger partial charge in [-0.15, -0.1) is 0 Å². The lowest BCUT2D eigenvalue weighted by Gasteiger charge is -2.21. The minimum absolute atomic E-state index is 0.0109. The third-order valence-corrected chi connectivity index (χ3v) is 2.21. The van der Waals surface area contributed by atoms with Gasteiger partial charge < -0.3 is 10.1 Å². The number of nitrogens with zero attached hydrogens (tertiary/aromatic N) is 1. The number of nitrogens with one attached hydrogen (secondary N) is 1. The zero-order valence-corrected chi connectivity index (χ0v) is 11.5. The average molecular weight is 266 g/mol. The molecule has 0 radical (unpaired) electrons. The highest BCUT2D eigenvalue weighted by atomic mass is 16.6. The Kier molecular flexibility index (Phi) is 4.47. The maximum Gasteiger partial charge on any atom is 0.311 e. The van der Waals surface area contributed by atoms with Gasteiger partial charge >= 0.3 is 5.69 Å². The monoisotopic (exact) mass is 266 g/mol. The second-order valence-electron chi connectivity index (χ2n) is 5.05. The maximum absolute atomic E-state index is 12.1. The first-order valence-electron chi connectivity index (χ1n) is 5.99. The molecule has 0 heterocycles. The molecule has 19 heavy (non-hydrogen) atoms. The van der Waals surface area contributed by atoms with Gasteiger partial charge in [-0.05, 0) is 33.8 Å². The Hall–Kier alpha value is -2.11. The van der Waals surface area contributed by atoms with Crippen molar-refractivity contribution >= 4 is 11.6 Å². The Morgan fingerprint density at radius 1 is 1.42 bits per heavy atom. The van der Waals surface area contributed by atoms with Gasteiger partial charge in [-0.3, -0.25) is 14.9 Å². The Morgan fingerprint density at radius 3 is 2.53 bits per heavy atom. The molecule has 1 aromatic rings. The van der Waals surface area contributed by atoms with Crippen LogP contribution in [-0.4, -0.2) is 23.0 Å². The molecule has 0 fully saturated rings. The molecule has 1 amide bonds. The number of carbonyl (C=O) groups excluding carboxylic acids is 1. The third kappa shape index (κ3) is 3.94. The molecule has 0 spiro atoms. The van der Waals surface area contributed by atoms with Crippen molar-refractivity contribution in [1.82, 2.24) is 5.32 Å². The van der Waals surface area contributed by atoms with Crippen LogP contribution in [0.4, 0.5) is 5.69 Å². The molecular weight excluding hydrogens is 248 g/mol. The molecule has 1 rings (SSSR count). The minimum Gasteiger partial charge on any atom is -0.487 e. The molecule has 0 aromatic heterocycles. The van der Waals surface area contributed by atoms with E-state index in [1.165, 1.54) is 18.2 Å². The van der Waals surface area contributed by atoms with E-state index in [9.17, 15) is 14.9 Å². The molecule has 0 aliphatic rings. The van der Waals surface area contributed by atoms with Crippen molar-refractivity contribution in [2.75, 3.05) is 6.61 Å². The summed E-state index contributed by atoms with van der Waals surface area (Å²) in [7, 11) is 0. The van der Waals surface area contributed by atoms with E-state index in [0.29, 0.717) is 0 Å². The van der Waals surface area contributed by atoms with Gasteiger partial charge in [0.25, 0.3) is 5.91 Å². The van der Waals surface area contributed by atoms with Crippen molar-refractivity contribution in [2.24, 2.45) is 0 Å². The Bertz CT molecular complexity index is 492. The van der Waals surface area contributed by atoms with Crippen LogP contribution in [0.2, 0.25) is 0 Å². The summed E-state index contributed by atoms with van der Waals surface area (Å²) in [4.78, 5) is 22.5. The molecular formula is C13H18N2O4. The average Bonchev–Trinajstić information content (AvgIpc) is 2.26. The Morgan fingerprint density at radius 2 is 2.05 bits per heavy atom. The fraction of sp³-hybridized carbons (Fsp3) is 0.462. The molecule has 0 atom stereocenters. The molecule has 1 N–H and O–H groups in total. The van der Waals surface area contributed by atoms with Crippen LogP contribution >= 0.6 is 0 Å². The fourth-order valence-electron chi connectivity index (χ4n) is 1.55. The molecule has 6 nitrogen and oxygen atoms in total. The Labute approximate surface area is 111 Å². The molecule has 1 aromatic carbocycles. The summed E-state index contributed by atoms with van der Waals surface area (Å²) < 4.78 is 5.26. The van der Waals surface area contributed by atoms with E-state index < -0.39 is 10.5 Å². The standard InChI is InChI=1S/C13H18N2O4/c1-5-19-11-9(12(16)14-13(2,3)4)7-6-8-10(11)15(17)18/h6-8H,5H2,1-4H3,(H,14,16). The van der Waals surface area contributed by atoms with Crippen LogP contribution in [0.1, 0.15) is 38.1 Å². The number of nitro groups is 1. The lowest BCUT2D eigenvalue weighted by molar-refractivity contribution is -0.385. The molecule has 0 saturated heterocycles. The molecule has 0 aliphatic heterocycles. The summed E-state index contributed by atoms with van der Waals surface area (Å²) >= 11 is 0. The van der Waals surface area contributed by atoms with Gasteiger partial charge in [-0.25, -0.2) is 0 Å². The van der Waals surface area contributed by atoms with Crippen LogP contribution in [0.25, 0.3) is 0 Å². The van der Waals surface area contributed by atoms with Crippen molar-refractivity contribution in [3.8, 4) is 5.75 Å². The predicted molar refractivity (Wildman–Crippen MR) is 71.5 cm³/mol. The first kappa shape index (κ1) is 14.9. The van der Waals surface area contributed by atoms with E-state index in [0.717, 1.165) is 0 Å². The Balaban J connectivity index is 3.23.